The number of non-ortho nitro benzene ring substituents is 1. The van der Waals surface area contributed by atoms with Crippen LogP contribution in [0, 0.1) is 10.1 Å². The number of nitro benzene ring substituents is 1. The summed E-state index contributed by atoms with van der Waals surface area (Å²) in [4.78, 5) is 14.0. The Balaban J connectivity index is 1.68. The van der Waals surface area contributed by atoms with Crippen LogP contribution in [-0.4, -0.2) is 18.0 Å². The van der Waals surface area contributed by atoms with Gasteiger partial charge in [0.25, 0.3) is 5.69 Å². The van der Waals surface area contributed by atoms with E-state index in [0.29, 0.717) is 0 Å². The van der Waals surface area contributed by atoms with Crippen molar-refractivity contribution >= 4 is 5.69 Å². The van der Waals surface area contributed by atoms with Gasteiger partial charge in [-0.25, -0.2) is 0 Å². The van der Waals surface area contributed by atoms with Gasteiger partial charge in [0.15, 0.2) is 0 Å². The molecule has 148 valence electrons. The predicted octanol–water partition coefficient (Wildman–Crippen LogP) is 2.17. The summed E-state index contributed by atoms with van der Waals surface area (Å²) >= 11 is 0. The molecule has 1 aliphatic rings. The number of rotatable bonds is 6. The van der Waals surface area contributed by atoms with Crippen LogP contribution in [0.5, 0.6) is 0 Å². The second-order valence-electron chi connectivity index (χ2n) is 7.78. The lowest BCUT2D eigenvalue weighted by molar-refractivity contribution is -1.16. The zero-order valence-corrected chi connectivity index (χ0v) is 16.5. The molecule has 0 radical (unpaired) electrons. The number of benzene rings is 3. The zero-order chi connectivity index (χ0) is 20.1. The molecule has 1 saturated heterocycles. The minimum atomic E-state index is -0.292. The van der Waals surface area contributed by atoms with E-state index in [1.54, 1.807) is 12.1 Å². The SMILES string of the molecule is O=[N+]([O-])c1cccc(C2[NH+](Cc3ccccc3)CCC[NH+]2Cc2ccccc2)c1. The first-order chi connectivity index (χ1) is 14.2. The minimum Gasteiger partial charge on any atom is -0.278 e. The lowest BCUT2D eigenvalue weighted by Crippen LogP contribution is -3.32. The van der Waals surface area contributed by atoms with E-state index < -0.39 is 0 Å². The first kappa shape index (κ1) is 19.3. The van der Waals surface area contributed by atoms with E-state index in [-0.39, 0.29) is 16.8 Å². The molecule has 0 bridgehead atoms. The van der Waals surface area contributed by atoms with E-state index in [4.69, 9.17) is 0 Å². The van der Waals surface area contributed by atoms with Crippen LogP contribution in [0.25, 0.3) is 0 Å². The van der Waals surface area contributed by atoms with Crippen molar-refractivity contribution in [1.82, 2.24) is 0 Å². The van der Waals surface area contributed by atoms with Crippen LogP contribution >= 0.6 is 0 Å². The number of nitrogens with one attached hydrogen (secondary N) is 2. The number of nitro groups is 1. The summed E-state index contributed by atoms with van der Waals surface area (Å²) in [5.74, 6) is 0. The fraction of sp³-hybridized carbons (Fsp3) is 0.250. The van der Waals surface area contributed by atoms with Gasteiger partial charge in [-0.2, -0.15) is 0 Å². The summed E-state index contributed by atoms with van der Waals surface area (Å²) in [7, 11) is 0. The molecule has 5 heteroatoms. The number of hydrogen-bond donors (Lipinski definition) is 2. The maximum atomic E-state index is 11.4. The van der Waals surface area contributed by atoms with Crippen LogP contribution in [0.1, 0.15) is 29.3 Å². The van der Waals surface area contributed by atoms with E-state index in [9.17, 15) is 10.1 Å². The van der Waals surface area contributed by atoms with Gasteiger partial charge in [0, 0.05) is 29.7 Å². The monoisotopic (exact) mass is 389 g/mol. The maximum absolute atomic E-state index is 11.4. The standard InChI is InChI=1S/C24H25N3O2/c28-27(29)23-14-7-13-22(17-23)24-25(18-20-9-3-1-4-10-20)15-8-16-26(24)19-21-11-5-2-6-12-21/h1-7,9-14,17,24H,8,15-16,18-19H2/p+2. The van der Waals surface area contributed by atoms with Gasteiger partial charge in [0.2, 0.25) is 6.17 Å². The average molecular weight is 389 g/mol. The fourth-order valence-electron chi connectivity index (χ4n) is 4.51. The first-order valence-electron chi connectivity index (χ1n) is 10.2. The summed E-state index contributed by atoms with van der Waals surface area (Å²) in [6, 6.07) is 28.3. The normalized spacial score (nSPS) is 21.6. The molecule has 2 unspecified atom stereocenters. The lowest BCUT2D eigenvalue weighted by Gasteiger charge is -2.38. The fourth-order valence-corrected chi connectivity index (χ4v) is 4.51. The average Bonchev–Trinajstić information content (AvgIpc) is 2.75. The molecule has 2 N–H and O–H groups in total. The van der Waals surface area contributed by atoms with E-state index >= 15 is 0 Å². The van der Waals surface area contributed by atoms with Crippen LogP contribution in [0.15, 0.2) is 84.9 Å². The molecule has 3 aromatic rings. The molecule has 0 spiro atoms. The van der Waals surface area contributed by atoms with Gasteiger partial charge >= 0.3 is 0 Å². The summed E-state index contributed by atoms with van der Waals surface area (Å²) in [6.07, 6.45) is 1.32. The van der Waals surface area contributed by atoms with E-state index in [1.807, 2.05) is 18.2 Å². The maximum Gasteiger partial charge on any atom is 0.270 e. The van der Waals surface area contributed by atoms with E-state index in [2.05, 4.69) is 54.6 Å². The Morgan fingerprint density at radius 3 is 1.86 bits per heavy atom. The van der Waals surface area contributed by atoms with Crippen LogP contribution in [0.4, 0.5) is 5.69 Å². The minimum absolute atomic E-state index is 0.170. The van der Waals surface area contributed by atoms with Crippen molar-refractivity contribution in [3.8, 4) is 0 Å². The molecule has 1 heterocycles. The number of quaternary nitrogens is 2. The third-order valence-corrected chi connectivity index (χ3v) is 5.77. The molecule has 0 saturated carbocycles. The van der Waals surface area contributed by atoms with Gasteiger partial charge in [-0.15, -0.1) is 0 Å². The number of nitrogens with zero attached hydrogens (tertiary/aromatic N) is 1. The third kappa shape index (κ3) is 4.70. The molecule has 29 heavy (non-hydrogen) atoms. The summed E-state index contributed by atoms with van der Waals surface area (Å²) < 4.78 is 0. The smallest absolute Gasteiger partial charge is 0.270 e. The van der Waals surface area contributed by atoms with Crippen molar-refractivity contribution in [2.45, 2.75) is 25.7 Å². The van der Waals surface area contributed by atoms with Crippen molar-refractivity contribution in [3.05, 3.63) is 112 Å². The Morgan fingerprint density at radius 2 is 1.34 bits per heavy atom. The van der Waals surface area contributed by atoms with Crippen molar-refractivity contribution in [1.29, 1.82) is 0 Å². The van der Waals surface area contributed by atoms with Gasteiger partial charge in [0.1, 0.15) is 13.1 Å². The summed E-state index contributed by atoms with van der Waals surface area (Å²) in [5, 5.41) is 11.4. The van der Waals surface area contributed by atoms with Crippen molar-refractivity contribution in [2.24, 2.45) is 0 Å². The van der Waals surface area contributed by atoms with Gasteiger partial charge in [-0.05, 0) is 6.07 Å². The van der Waals surface area contributed by atoms with E-state index in [1.165, 1.54) is 20.9 Å². The van der Waals surface area contributed by atoms with Gasteiger partial charge in [-0.3, -0.25) is 19.9 Å². The second-order valence-corrected chi connectivity index (χ2v) is 7.78. The highest BCUT2D eigenvalue weighted by Gasteiger charge is 2.38. The molecule has 0 aromatic heterocycles. The quantitative estimate of drug-likeness (QED) is 0.502. The van der Waals surface area contributed by atoms with Crippen molar-refractivity contribution in [3.63, 3.8) is 0 Å². The second kappa shape index (κ2) is 8.99. The van der Waals surface area contributed by atoms with Gasteiger partial charge in [-0.1, -0.05) is 66.7 Å². The van der Waals surface area contributed by atoms with Crippen LogP contribution < -0.4 is 9.80 Å². The molecule has 1 aliphatic heterocycles. The Morgan fingerprint density at radius 1 is 0.793 bits per heavy atom. The van der Waals surface area contributed by atoms with Gasteiger partial charge < -0.3 is 0 Å². The van der Waals surface area contributed by atoms with Crippen LogP contribution in [0.2, 0.25) is 0 Å². The van der Waals surface area contributed by atoms with Crippen molar-refractivity contribution < 1.29 is 14.7 Å². The zero-order valence-electron chi connectivity index (χ0n) is 16.5. The van der Waals surface area contributed by atoms with Crippen molar-refractivity contribution in [2.75, 3.05) is 13.1 Å². The molecule has 0 amide bonds. The highest BCUT2D eigenvalue weighted by molar-refractivity contribution is 5.34. The molecular weight excluding hydrogens is 362 g/mol. The Bertz CT molecular complexity index is 897. The lowest BCUT2D eigenvalue weighted by atomic mass is 10.0. The number of hydrogen-bond acceptors (Lipinski definition) is 2. The van der Waals surface area contributed by atoms with Crippen LogP contribution in [-0.2, 0) is 13.1 Å². The predicted molar refractivity (Wildman–Crippen MR) is 112 cm³/mol. The molecule has 3 aromatic carbocycles. The van der Waals surface area contributed by atoms with E-state index in [0.717, 1.165) is 38.2 Å². The topological polar surface area (TPSA) is 52.0 Å². The molecule has 5 nitrogen and oxygen atoms in total. The highest BCUT2D eigenvalue weighted by Crippen LogP contribution is 2.16. The highest BCUT2D eigenvalue weighted by atomic mass is 16.6. The molecular formula is C24H27N3O2+2. The third-order valence-electron chi connectivity index (χ3n) is 5.77. The van der Waals surface area contributed by atoms with Gasteiger partial charge in [0.05, 0.1) is 23.6 Å². The Labute approximate surface area is 171 Å². The van der Waals surface area contributed by atoms with Crippen LogP contribution in [0.3, 0.4) is 0 Å². The molecule has 1 fully saturated rings. The molecule has 0 aliphatic carbocycles. The molecule has 2 atom stereocenters. The Hall–Kier alpha value is -3.02. The first-order valence-corrected chi connectivity index (χ1v) is 10.2. The molecule has 4 rings (SSSR count). The Kier molecular flexibility index (Phi) is 5.98. The largest absolute Gasteiger partial charge is 0.278 e. The summed E-state index contributed by atoms with van der Waals surface area (Å²) in [5.41, 5.74) is 3.83. The summed E-state index contributed by atoms with van der Waals surface area (Å²) in [6.45, 7) is 3.99.